The quantitative estimate of drug-likeness (QED) is 0.0427. The Balaban J connectivity index is -0.000000744. The third-order valence-electron chi connectivity index (χ3n) is 8.60. The Kier molecular flexibility index (Phi) is 34.8. The third kappa shape index (κ3) is 23.6. The second kappa shape index (κ2) is 33.5. The van der Waals surface area contributed by atoms with Crippen LogP contribution >= 0.6 is 66.4 Å². The van der Waals surface area contributed by atoms with Gasteiger partial charge in [0.25, 0.3) is 0 Å². The number of halogens is 5. The first-order valence-corrected chi connectivity index (χ1v) is 26.0. The average molecular weight is 1150 g/mol. The Morgan fingerprint density at radius 1 is 0.707 bits per heavy atom. The van der Waals surface area contributed by atoms with Crippen LogP contribution in [0.2, 0.25) is 0 Å². The van der Waals surface area contributed by atoms with Gasteiger partial charge in [-0.25, -0.2) is 14.4 Å². The van der Waals surface area contributed by atoms with Crippen LogP contribution in [0.5, 0.6) is 5.75 Å². The number of esters is 3. The van der Waals surface area contributed by atoms with Gasteiger partial charge in [0.05, 0.1) is 59.2 Å². The topological polar surface area (TPSA) is 108 Å². The van der Waals surface area contributed by atoms with Gasteiger partial charge in [-0.05, 0) is 122 Å². The van der Waals surface area contributed by atoms with Gasteiger partial charge in [0, 0.05) is 10.9 Å². The number of quaternary nitrogens is 1. The minimum Gasteiger partial charge on any atom is -1.00 e. The van der Waals surface area contributed by atoms with Crippen LogP contribution in [-0.4, -0.2) is 87.4 Å². The lowest BCUT2D eigenvalue weighted by molar-refractivity contribution is -0.918. The molecule has 0 radical (unpaired) electrons. The second-order valence-corrected chi connectivity index (χ2v) is 28.0. The summed E-state index contributed by atoms with van der Waals surface area (Å²) in [5, 5.41) is 10.3. The molecule has 324 valence electrons. The predicted molar refractivity (Wildman–Crippen MR) is 252 cm³/mol. The molecule has 0 spiro atoms. The first-order valence-electron chi connectivity index (χ1n) is 17.5. The molecule has 58 heavy (non-hydrogen) atoms. The Bertz CT molecular complexity index is 1690. The number of aryl methyl sites for hydroxylation is 2. The van der Waals surface area contributed by atoms with Crippen LogP contribution in [0.1, 0.15) is 62.1 Å². The minimum atomic E-state index is -1.06. The fourth-order valence-electron chi connectivity index (χ4n) is 4.91. The number of likely N-dealkylation sites (N-methyl/N-ethyl adjacent to an activating group) is 1. The number of methoxy groups -OCH3 is 4. The number of hydrogen-bond donors (Lipinski definition) is 1. The van der Waals surface area contributed by atoms with E-state index in [0.717, 1.165) is 40.8 Å². The summed E-state index contributed by atoms with van der Waals surface area (Å²) < 4.78 is 19.8. The van der Waals surface area contributed by atoms with E-state index in [2.05, 4.69) is 118 Å². The van der Waals surface area contributed by atoms with Crippen molar-refractivity contribution in [1.82, 2.24) is 0 Å². The molecule has 0 aliphatic rings. The highest BCUT2D eigenvalue weighted by Crippen LogP contribution is 2.59. The zero-order valence-corrected chi connectivity index (χ0v) is 42.8. The normalized spacial score (nSPS) is 11.2. The van der Waals surface area contributed by atoms with Crippen molar-refractivity contribution in [3.05, 3.63) is 124 Å². The Morgan fingerprint density at radius 2 is 1.07 bits per heavy atom. The molecule has 0 saturated heterocycles. The second-order valence-electron chi connectivity index (χ2n) is 12.1. The van der Waals surface area contributed by atoms with E-state index in [0.29, 0.717) is 28.8 Å². The van der Waals surface area contributed by atoms with E-state index < -0.39 is 12.1 Å². The molecule has 0 aliphatic carbocycles. The van der Waals surface area contributed by atoms with Gasteiger partial charge in [0.1, 0.15) is 22.4 Å². The third-order valence-corrected chi connectivity index (χ3v) is 9.21. The van der Waals surface area contributed by atoms with Gasteiger partial charge in [0.2, 0.25) is 0 Å². The number of rotatable bonds is 14. The van der Waals surface area contributed by atoms with Crippen LogP contribution in [0, 0.1) is 13.8 Å². The van der Waals surface area contributed by atoms with Gasteiger partial charge in [-0.3, -0.25) is 0 Å². The maximum Gasteiger partial charge on any atom is 0.339 e. The van der Waals surface area contributed by atoms with Gasteiger partial charge in [-0.15, -0.1) is 0 Å². The van der Waals surface area contributed by atoms with Gasteiger partial charge >= 0.3 is 17.9 Å². The summed E-state index contributed by atoms with van der Waals surface area (Å²) in [5.41, 5.74) is 6.39. The van der Waals surface area contributed by atoms with Crippen molar-refractivity contribution < 1.29 is 59.9 Å². The van der Waals surface area contributed by atoms with E-state index in [1.54, 1.807) is 31.4 Å². The van der Waals surface area contributed by atoms with E-state index in [1.807, 2.05) is 55.5 Å². The summed E-state index contributed by atoms with van der Waals surface area (Å²) in [6.07, 6.45) is 2.72. The standard InChI is InChI=1S/C18H28NO2.C12H13BrO2.C12H14O4.CH4.Br3P.BrH/c1-6-19(7-2,8-3)14-17(18(20)21-5)13-16-11-9-15(4)10-12-16;1-9-3-5-10(6-4-9)7-11(8-13)12(14)15-2;1-8(12(14)16-3)11(13)9-4-6-10(15-2)7-5-9;;1-4(2)3;/h9-13H,6-8,14H2,1-5H3;3-7H,8H2,1-2H3;4-7,11,13H,1H2,2-3H3;1H4;;1H/q+1;;;;;/p-1/b17-13-;11-7-;;;;. The molecular formula is C43H59Br5NO8P. The van der Waals surface area contributed by atoms with Crippen molar-refractivity contribution in [3.8, 4) is 5.75 Å². The van der Waals surface area contributed by atoms with E-state index >= 15 is 0 Å². The maximum atomic E-state index is 12.1. The van der Waals surface area contributed by atoms with Crippen LogP contribution < -0.4 is 21.7 Å². The molecule has 3 aromatic rings. The summed E-state index contributed by atoms with van der Waals surface area (Å²) >= 11 is 12.8. The molecule has 9 nitrogen and oxygen atoms in total. The highest BCUT2D eigenvalue weighted by molar-refractivity contribution is 9.93. The van der Waals surface area contributed by atoms with Gasteiger partial charge in [0.15, 0.2) is 0 Å². The number of nitrogens with zero attached hydrogens (tertiary/aromatic N) is 1. The smallest absolute Gasteiger partial charge is 0.339 e. The Labute approximate surface area is 391 Å². The zero-order chi connectivity index (χ0) is 42.8. The molecule has 0 saturated carbocycles. The van der Waals surface area contributed by atoms with Crippen molar-refractivity contribution >= 4 is 96.5 Å². The summed E-state index contributed by atoms with van der Waals surface area (Å²) in [4.78, 5) is 34.5. The average Bonchev–Trinajstić information content (AvgIpc) is 3.21. The van der Waals surface area contributed by atoms with Crippen molar-refractivity contribution in [2.45, 2.75) is 48.1 Å². The molecule has 3 aromatic carbocycles. The molecule has 1 N–H and O–H groups in total. The molecule has 0 fully saturated rings. The number of aliphatic hydroxyl groups is 1. The summed E-state index contributed by atoms with van der Waals surface area (Å²) in [5.74, 6) is -0.469. The minimum absolute atomic E-state index is 0. The molecule has 0 aromatic heterocycles. The lowest BCUT2D eigenvalue weighted by Crippen LogP contribution is -3.00. The van der Waals surface area contributed by atoms with Crippen molar-refractivity contribution in [1.29, 1.82) is 0 Å². The predicted octanol–water partition coefficient (Wildman–Crippen LogP) is 8.87. The Hall–Kier alpha value is -2.16. The van der Waals surface area contributed by atoms with Crippen molar-refractivity contribution in [2.24, 2.45) is 0 Å². The summed E-state index contributed by atoms with van der Waals surface area (Å²) in [7, 11) is 5.63. The van der Waals surface area contributed by atoms with Crippen LogP contribution in [0.4, 0.5) is 0 Å². The van der Waals surface area contributed by atoms with Gasteiger partial charge in [-0.1, -0.05) is 102 Å². The Morgan fingerprint density at radius 3 is 1.40 bits per heavy atom. The van der Waals surface area contributed by atoms with E-state index in [1.165, 1.54) is 32.5 Å². The van der Waals surface area contributed by atoms with Crippen molar-refractivity contribution in [3.63, 3.8) is 0 Å². The fourth-order valence-corrected chi connectivity index (χ4v) is 5.30. The molecule has 0 bridgehead atoms. The SMILES string of the molecule is BrP(Br)Br.C.C=C(C(=O)OC)C(O)c1ccc(OC)cc1.CC[N+](CC)(CC)C/C(=C/c1ccc(C)cc1)C(=O)OC.COC(=O)/C(=C\c1ccc(C)cc1)CBr.[Br-]. The van der Waals surface area contributed by atoms with E-state index in [9.17, 15) is 19.5 Å². The molecular weight excluding hydrogens is 1090 g/mol. The molecule has 15 heteroatoms. The number of hydrogen-bond acceptors (Lipinski definition) is 8. The number of alkyl halides is 1. The summed E-state index contributed by atoms with van der Waals surface area (Å²) in [6.45, 7) is 17.8. The first kappa shape index (κ1) is 60.1. The van der Waals surface area contributed by atoms with Gasteiger partial charge < -0.3 is 45.5 Å². The monoisotopic (exact) mass is 1140 g/mol. The molecule has 0 amide bonds. The zero-order valence-electron chi connectivity index (χ0n) is 34.0. The van der Waals surface area contributed by atoms with E-state index in [4.69, 9.17) is 9.47 Å². The summed E-state index contributed by atoms with van der Waals surface area (Å²) in [6, 6.07) is 22.9. The lowest BCUT2D eigenvalue weighted by atomic mass is 10.0. The number of benzene rings is 3. The molecule has 0 heterocycles. The highest BCUT2D eigenvalue weighted by Gasteiger charge is 2.26. The van der Waals surface area contributed by atoms with Crippen LogP contribution in [0.3, 0.4) is 0 Å². The number of aliphatic hydroxyl groups excluding tert-OH is 1. The molecule has 3 rings (SSSR count). The van der Waals surface area contributed by atoms with E-state index in [-0.39, 0.29) is 45.9 Å². The van der Waals surface area contributed by atoms with Crippen molar-refractivity contribution in [2.75, 3.05) is 59.9 Å². The highest BCUT2D eigenvalue weighted by atomic mass is 80.0. The maximum absolute atomic E-state index is 12.1. The number of carbonyl (C=O) groups is 3. The molecule has 1 unspecified atom stereocenters. The molecule has 1 atom stereocenters. The largest absolute Gasteiger partial charge is 1.00 e. The fraction of sp³-hybridized carbons (Fsp3) is 0.372. The first-order chi connectivity index (χ1) is 26.5. The van der Waals surface area contributed by atoms with Crippen LogP contribution in [0.15, 0.2) is 96.1 Å². The lowest BCUT2D eigenvalue weighted by Gasteiger charge is -2.36. The molecule has 0 aliphatic heterocycles. The van der Waals surface area contributed by atoms with Gasteiger partial charge in [-0.2, -0.15) is 0 Å². The van der Waals surface area contributed by atoms with Crippen LogP contribution in [-0.2, 0) is 28.6 Å². The van der Waals surface area contributed by atoms with Crippen LogP contribution in [0.25, 0.3) is 12.2 Å². The number of ether oxygens (including phenoxy) is 4. The number of carbonyl (C=O) groups excluding carboxylic acids is 3.